The van der Waals surface area contributed by atoms with Gasteiger partial charge in [-0.15, -0.1) is 0 Å². The van der Waals surface area contributed by atoms with Gasteiger partial charge in [-0.3, -0.25) is 0 Å². The second-order valence-electron chi connectivity index (χ2n) is 13.1. The van der Waals surface area contributed by atoms with Gasteiger partial charge in [-0.05, 0) is 80.7 Å². The maximum atomic E-state index is 6.51. The van der Waals surface area contributed by atoms with Crippen molar-refractivity contribution in [1.82, 2.24) is 4.98 Å². The van der Waals surface area contributed by atoms with Crippen molar-refractivity contribution in [2.75, 3.05) is 4.90 Å². The van der Waals surface area contributed by atoms with Crippen molar-refractivity contribution in [3.8, 4) is 33.7 Å². The smallest absolute Gasteiger partial charge is 0.227 e. The Morgan fingerprint density at radius 3 is 1.73 bits per heavy atom. The Morgan fingerprint density at radius 2 is 0.962 bits per heavy atom. The number of hydrogen-bond acceptors (Lipinski definition) is 3. The lowest BCUT2D eigenvalue weighted by Gasteiger charge is -2.29. The van der Waals surface area contributed by atoms with Crippen LogP contribution in [-0.4, -0.2) is 4.98 Å². The van der Waals surface area contributed by atoms with Gasteiger partial charge in [0, 0.05) is 27.6 Å². The van der Waals surface area contributed by atoms with E-state index in [1.54, 1.807) is 0 Å². The van der Waals surface area contributed by atoms with Gasteiger partial charge in [0.1, 0.15) is 5.52 Å². The van der Waals surface area contributed by atoms with Crippen molar-refractivity contribution < 1.29 is 4.42 Å². The minimum atomic E-state index is 0.612. The summed E-state index contributed by atoms with van der Waals surface area (Å²) in [6.07, 6.45) is 0. The maximum Gasteiger partial charge on any atom is 0.227 e. The summed E-state index contributed by atoms with van der Waals surface area (Å²) >= 11 is 0. The zero-order chi connectivity index (χ0) is 34.4. The predicted molar refractivity (Wildman–Crippen MR) is 218 cm³/mol. The Labute approximate surface area is 301 Å². The van der Waals surface area contributed by atoms with Gasteiger partial charge in [-0.2, -0.15) is 0 Å². The second kappa shape index (κ2) is 12.4. The molecule has 0 radical (unpaired) electrons. The van der Waals surface area contributed by atoms with E-state index < -0.39 is 0 Å². The zero-order valence-corrected chi connectivity index (χ0v) is 28.3. The van der Waals surface area contributed by atoms with Gasteiger partial charge >= 0.3 is 0 Å². The molecular formula is C49H32N2O. The molecule has 0 aliphatic carbocycles. The highest BCUT2D eigenvalue weighted by Gasteiger charge is 2.23. The van der Waals surface area contributed by atoms with Crippen molar-refractivity contribution in [1.29, 1.82) is 0 Å². The van der Waals surface area contributed by atoms with Crippen LogP contribution in [0, 0.1) is 0 Å². The molecule has 0 unspecified atom stereocenters. The summed E-state index contributed by atoms with van der Waals surface area (Å²) in [5.41, 5.74) is 10.4. The fourth-order valence-electron chi connectivity index (χ4n) is 7.65. The third-order valence-corrected chi connectivity index (χ3v) is 10.1. The number of anilines is 3. The molecule has 0 amide bonds. The molecule has 10 aromatic rings. The average molecular weight is 665 g/mol. The van der Waals surface area contributed by atoms with Crippen molar-refractivity contribution in [3.63, 3.8) is 0 Å². The summed E-state index contributed by atoms with van der Waals surface area (Å²) in [4.78, 5) is 7.44. The van der Waals surface area contributed by atoms with Crippen molar-refractivity contribution in [3.05, 3.63) is 194 Å². The van der Waals surface area contributed by atoms with Crippen LogP contribution in [0.25, 0.3) is 77.1 Å². The minimum absolute atomic E-state index is 0.612. The molecule has 3 nitrogen and oxygen atoms in total. The van der Waals surface area contributed by atoms with Crippen LogP contribution in [0.2, 0.25) is 0 Å². The summed E-state index contributed by atoms with van der Waals surface area (Å²) in [5, 5.41) is 7.12. The van der Waals surface area contributed by atoms with Crippen LogP contribution in [-0.2, 0) is 0 Å². The fraction of sp³-hybridized carbons (Fsp3) is 0. The van der Waals surface area contributed by atoms with Crippen molar-refractivity contribution in [2.45, 2.75) is 0 Å². The molecular weight excluding hydrogens is 633 g/mol. The van der Waals surface area contributed by atoms with E-state index in [1.807, 2.05) is 30.3 Å². The molecule has 3 heteroatoms. The van der Waals surface area contributed by atoms with Crippen molar-refractivity contribution in [2.24, 2.45) is 0 Å². The van der Waals surface area contributed by atoms with Crippen LogP contribution in [0.3, 0.4) is 0 Å². The number of benzene rings is 9. The number of para-hydroxylation sites is 1. The van der Waals surface area contributed by atoms with E-state index in [4.69, 9.17) is 9.40 Å². The standard InChI is InChI=1S/C49H32N2O/c1-3-15-33(16-4-1)39-21-13-14-26-46(39)51(47-32-45-48(43-25-12-11-24-42(43)47)52-49(50-45)35-17-5-2-6-18-35)37-29-27-34(28-30-37)44-31-36-19-7-8-20-38(36)40-22-9-10-23-41(40)44/h1-32H. The SMILES string of the molecule is c1ccc(-c2nc3cc(N(c4ccc(-c5cc6ccccc6c6ccccc56)cc4)c4ccccc4-c4ccccc4)c4ccccc4c3o2)cc1. The summed E-state index contributed by atoms with van der Waals surface area (Å²) in [6, 6.07) is 68.8. The highest BCUT2D eigenvalue weighted by Crippen LogP contribution is 2.46. The third-order valence-electron chi connectivity index (χ3n) is 10.1. The molecule has 0 aliphatic rings. The van der Waals surface area contributed by atoms with Crippen LogP contribution in [0.4, 0.5) is 17.1 Å². The van der Waals surface area contributed by atoms with E-state index in [0.29, 0.717) is 5.89 Å². The van der Waals surface area contributed by atoms with E-state index in [9.17, 15) is 0 Å². The number of nitrogens with zero attached hydrogens (tertiary/aromatic N) is 2. The van der Waals surface area contributed by atoms with Crippen LogP contribution < -0.4 is 4.90 Å². The number of rotatable bonds is 6. The number of fused-ring (bicyclic) bond motifs is 6. The molecule has 244 valence electrons. The molecule has 0 saturated carbocycles. The zero-order valence-electron chi connectivity index (χ0n) is 28.3. The molecule has 0 saturated heterocycles. The monoisotopic (exact) mass is 664 g/mol. The average Bonchev–Trinajstić information content (AvgIpc) is 3.67. The molecule has 0 spiro atoms. The van der Waals surface area contributed by atoms with Crippen LogP contribution in [0.1, 0.15) is 0 Å². The first-order chi connectivity index (χ1) is 25.8. The lowest BCUT2D eigenvalue weighted by atomic mass is 9.93. The molecule has 0 atom stereocenters. The van der Waals surface area contributed by atoms with Gasteiger partial charge in [0.05, 0.1) is 11.4 Å². The Kier molecular flexibility index (Phi) is 7.14. The van der Waals surface area contributed by atoms with Gasteiger partial charge in [-0.1, -0.05) is 152 Å². The molecule has 52 heavy (non-hydrogen) atoms. The van der Waals surface area contributed by atoms with Gasteiger partial charge < -0.3 is 9.32 Å². The molecule has 0 bridgehead atoms. The third kappa shape index (κ3) is 5.02. The highest BCUT2D eigenvalue weighted by molar-refractivity contribution is 6.14. The quantitative estimate of drug-likeness (QED) is 0.166. The summed E-state index contributed by atoms with van der Waals surface area (Å²) < 4.78 is 6.51. The first-order valence-corrected chi connectivity index (χ1v) is 17.6. The van der Waals surface area contributed by atoms with Gasteiger partial charge in [0.2, 0.25) is 5.89 Å². The second-order valence-corrected chi connectivity index (χ2v) is 13.1. The summed E-state index contributed by atoms with van der Waals surface area (Å²) in [7, 11) is 0. The summed E-state index contributed by atoms with van der Waals surface area (Å²) in [5.74, 6) is 0.612. The summed E-state index contributed by atoms with van der Waals surface area (Å²) in [6.45, 7) is 0. The topological polar surface area (TPSA) is 29.3 Å². The van der Waals surface area contributed by atoms with E-state index in [0.717, 1.165) is 55.6 Å². The predicted octanol–water partition coefficient (Wildman–Crippen LogP) is 13.8. The molecule has 9 aromatic carbocycles. The van der Waals surface area contributed by atoms with Gasteiger partial charge in [-0.25, -0.2) is 4.98 Å². The number of hydrogen-bond donors (Lipinski definition) is 0. The molecule has 0 N–H and O–H groups in total. The molecule has 1 aromatic heterocycles. The van der Waals surface area contributed by atoms with E-state index in [-0.39, 0.29) is 0 Å². The van der Waals surface area contributed by atoms with E-state index in [1.165, 1.54) is 32.7 Å². The largest absolute Gasteiger partial charge is 0.435 e. The molecule has 0 aliphatic heterocycles. The van der Waals surface area contributed by atoms with Crippen LogP contribution in [0.15, 0.2) is 199 Å². The van der Waals surface area contributed by atoms with E-state index in [2.05, 4.69) is 169 Å². The normalized spacial score (nSPS) is 11.5. The Hall–Kier alpha value is -6.97. The minimum Gasteiger partial charge on any atom is -0.435 e. The number of aromatic nitrogens is 1. The molecule has 10 rings (SSSR count). The van der Waals surface area contributed by atoms with Gasteiger partial charge in [0.15, 0.2) is 5.58 Å². The lowest BCUT2D eigenvalue weighted by Crippen LogP contribution is -2.12. The Bertz CT molecular complexity index is 2890. The Balaban J connectivity index is 1.20. The maximum absolute atomic E-state index is 6.51. The van der Waals surface area contributed by atoms with E-state index >= 15 is 0 Å². The van der Waals surface area contributed by atoms with Crippen LogP contribution >= 0.6 is 0 Å². The first kappa shape index (κ1) is 29.9. The van der Waals surface area contributed by atoms with Crippen molar-refractivity contribution >= 4 is 60.5 Å². The fourth-order valence-corrected chi connectivity index (χ4v) is 7.65. The molecule has 0 fully saturated rings. The Morgan fingerprint density at radius 1 is 0.385 bits per heavy atom. The first-order valence-electron chi connectivity index (χ1n) is 17.6. The van der Waals surface area contributed by atoms with Crippen LogP contribution in [0.5, 0.6) is 0 Å². The number of oxazole rings is 1. The molecule has 1 heterocycles. The van der Waals surface area contributed by atoms with Gasteiger partial charge in [0.25, 0.3) is 0 Å². The lowest BCUT2D eigenvalue weighted by molar-refractivity contribution is 0.623. The highest BCUT2D eigenvalue weighted by atomic mass is 16.3.